The number of amides is 1. The van der Waals surface area contributed by atoms with E-state index in [-0.39, 0.29) is 36.7 Å². The van der Waals surface area contributed by atoms with Crippen molar-refractivity contribution in [1.82, 2.24) is 9.80 Å². The van der Waals surface area contributed by atoms with Gasteiger partial charge in [-0.3, -0.25) is 4.79 Å². The Morgan fingerprint density at radius 3 is 2.61 bits per heavy atom. The molecule has 0 unspecified atom stereocenters. The minimum Gasteiger partial charge on any atom is -0.507 e. The van der Waals surface area contributed by atoms with Gasteiger partial charge >= 0.3 is 0 Å². The number of benzene rings is 1. The zero-order valence-corrected chi connectivity index (χ0v) is 13.8. The van der Waals surface area contributed by atoms with Gasteiger partial charge in [0.1, 0.15) is 5.75 Å². The van der Waals surface area contributed by atoms with Crippen LogP contribution in [-0.2, 0) is 0 Å². The smallest absolute Gasteiger partial charge is 0.257 e. The molecule has 128 valence electrons. The summed E-state index contributed by atoms with van der Waals surface area (Å²) in [7, 11) is 1.92. The van der Waals surface area contributed by atoms with Gasteiger partial charge in [0.25, 0.3) is 5.91 Å². The van der Waals surface area contributed by atoms with Crippen molar-refractivity contribution < 1.29 is 20.1 Å². The SMILES string of the molecule is Cc1ccc(C(=O)N2C[C@@H](CN(C)CCO)[C@@H](CO)C2)c(O)c1. The zero-order chi connectivity index (χ0) is 17.0. The standard InChI is InChI=1S/C17H26N2O4/c1-12-3-4-15(16(22)7-12)17(23)19-9-13(14(10-19)11-21)8-18(2)5-6-20/h3-4,7,13-14,20-22H,5-6,8-11H2,1-2H3/t13-,14-/m1/s1. The molecule has 1 aliphatic heterocycles. The first kappa shape index (κ1) is 17.7. The Morgan fingerprint density at radius 2 is 2.00 bits per heavy atom. The van der Waals surface area contributed by atoms with E-state index in [0.29, 0.717) is 25.2 Å². The minimum atomic E-state index is -0.201. The Kier molecular flexibility index (Phi) is 5.98. The molecule has 1 saturated heterocycles. The van der Waals surface area contributed by atoms with Crippen molar-refractivity contribution in [3.05, 3.63) is 29.3 Å². The fourth-order valence-electron chi connectivity index (χ4n) is 3.17. The summed E-state index contributed by atoms with van der Waals surface area (Å²) in [6, 6.07) is 5.03. The van der Waals surface area contributed by atoms with Crippen LogP contribution in [0.25, 0.3) is 0 Å². The number of hydrogen-bond acceptors (Lipinski definition) is 5. The van der Waals surface area contributed by atoms with E-state index < -0.39 is 0 Å². The lowest BCUT2D eigenvalue weighted by Crippen LogP contribution is -2.33. The summed E-state index contributed by atoms with van der Waals surface area (Å²) in [6.45, 7) is 4.30. The van der Waals surface area contributed by atoms with Crippen molar-refractivity contribution in [2.75, 3.05) is 46.4 Å². The topological polar surface area (TPSA) is 84.2 Å². The van der Waals surface area contributed by atoms with Crippen molar-refractivity contribution in [3.63, 3.8) is 0 Å². The second-order valence-electron chi connectivity index (χ2n) is 6.42. The Hall–Kier alpha value is -1.63. The largest absolute Gasteiger partial charge is 0.507 e. The Bertz CT molecular complexity index is 549. The van der Waals surface area contributed by atoms with Crippen LogP contribution in [0.4, 0.5) is 0 Å². The molecule has 0 saturated carbocycles. The molecule has 0 spiro atoms. The number of likely N-dealkylation sites (tertiary alicyclic amines) is 1. The third kappa shape index (κ3) is 4.22. The third-order valence-electron chi connectivity index (χ3n) is 4.51. The van der Waals surface area contributed by atoms with Crippen LogP contribution in [0.3, 0.4) is 0 Å². The van der Waals surface area contributed by atoms with Gasteiger partial charge in [-0.25, -0.2) is 0 Å². The number of nitrogens with zero attached hydrogens (tertiary/aromatic N) is 2. The van der Waals surface area contributed by atoms with Gasteiger partial charge in [0.15, 0.2) is 0 Å². The highest BCUT2D eigenvalue weighted by atomic mass is 16.3. The number of hydrogen-bond donors (Lipinski definition) is 3. The van der Waals surface area contributed by atoms with Gasteiger partial charge in [0.05, 0.1) is 12.2 Å². The van der Waals surface area contributed by atoms with E-state index in [2.05, 4.69) is 0 Å². The maximum absolute atomic E-state index is 12.6. The average Bonchev–Trinajstić information content (AvgIpc) is 2.89. The summed E-state index contributed by atoms with van der Waals surface area (Å²) in [5.41, 5.74) is 1.20. The van der Waals surface area contributed by atoms with E-state index in [4.69, 9.17) is 5.11 Å². The van der Waals surface area contributed by atoms with E-state index >= 15 is 0 Å². The lowest BCUT2D eigenvalue weighted by Gasteiger charge is -2.23. The van der Waals surface area contributed by atoms with E-state index in [0.717, 1.165) is 12.1 Å². The zero-order valence-electron chi connectivity index (χ0n) is 13.8. The molecule has 1 amide bonds. The van der Waals surface area contributed by atoms with Crippen LogP contribution in [0.2, 0.25) is 0 Å². The van der Waals surface area contributed by atoms with Gasteiger partial charge in [-0.15, -0.1) is 0 Å². The molecule has 0 aromatic heterocycles. The summed E-state index contributed by atoms with van der Waals surface area (Å²) < 4.78 is 0. The first-order valence-electron chi connectivity index (χ1n) is 7.95. The Morgan fingerprint density at radius 1 is 1.30 bits per heavy atom. The molecule has 23 heavy (non-hydrogen) atoms. The molecule has 6 heteroatoms. The molecule has 1 fully saturated rings. The highest BCUT2D eigenvalue weighted by molar-refractivity contribution is 5.97. The van der Waals surface area contributed by atoms with Crippen molar-refractivity contribution >= 4 is 5.91 Å². The number of aliphatic hydroxyl groups is 2. The molecular formula is C17H26N2O4. The van der Waals surface area contributed by atoms with E-state index in [9.17, 15) is 15.0 Å². The molecule has 2 atom stereocenters. The maximum atomic E-state index is 12.6. The van der Waals surface area contributed by atoms with Crippen LogP contribution in [0, 0.1) is 18.8 Å². The number of phenols is 1. The van der Waals surface area contributed by atoms with Crippen molar-refractivity contribution in [3.8, 4) is 5.75 Å². The van der Waals surface area contributed by atoms with Gasteiger partial charge < -0.3 is 25.1 Å². The number of aliphatic hydroxyl groups excluding tert-OH is 2. The summed E-state index contributed by atoms with van der Waals surface area (Å²) in [6.07, 6.45) is 0. The molecule has 0 radical (unpaired) electrons. The number of aryl methyl sites for hydroxylation is 1. The van der Waals surface area contributed by atoms with Crippen LogP contribution in [0.5, 0.6) is 5.75 Å². The summed E-state index contributed by atoms with van der Waals surface area (Å²) >= 11 is 0. The van der Waals surface area contributed by atoms with Crippen molar-refractivity contribution in [1.29, 1.82) is 0 Å². The number of carbonyl (C=O) groups is 1. The van der Waals surface area contributed by atoms with Gasteiger partial charge in [0.2, 0.25) is 0 Å². The Labute approximate surface area is 137 Å². The van der Waals surface area contributed by atoms with Crippen LogP contribution in [0.1, 0.15) is 15.9 Å². The molecule has 1 heterocycles. The predicted octanol–water partition coefficient (Wildman–Crippen LogP) is 0.305. The maximum Gasteiger partial charge on any atom is 0.257 e. The molecule has 3 N–H and O–H groups in total. The van der Waals surface area contributed by atoms with E-state index in [1.165, 1.54) is 0 Å². The number of rotatable bonds is 6. The lowest BCUT2D eigenvalue weighted by atomic mass is 9.96. The monoisotopic (exact) mass is 322 g/mol. The molecule has 0 aliphatic carbocycles. The fraction of sp³-hybridized carbons (Fsp3) is 0.588. The van der Waals surface area contributed by atoms with Crippen molar-refractivity contribution in [2.24, 2.45) is 11.8 Å². The second-order valence-corrected chi connectivity index (χ2v) is 6.42. The Balaban J connectivity index is 2.07. The number of carbonyl (C=O) groups excluding carboxylic acids is 1. The van der Waals surface area contributed by atoms with Gasteiger partial charge in [-0.05, 0) is 37.6 Å². The highest BCUT2D eigenvalue weighted by Gasteiger charge is 2.36. The van der Waals surface area contributed by atoms with Gasteiger partial charge in [-0.2, -0.15) is 0 Å². The van der Waals surface area contributed by atoms with Crippen LogP contribution in [-0.4, -0.2) is 77.5 Å². The molecule has 2 rings (SSSR count). The highest BCUT2D eigenvalue weighted by Crippen LogP contribution is 2.28. The summed E-state index contributed by atoms with van der Waals surface area (Å²) in [5, 5.41) is 28.6. The lowest BCUT2D eigenvalue weighted by molar-refractivity contribution is 0.0776. The first-order valence-corrected chi connectivity index (χ1v) is 7.95. The third-order valence-corrected chi connectivity index (χ3v) is 4.51. The normalized spacial score (nSPS) is 21.2. The predicted molar refractivity (Wildman–Crippen MR) is 87.4 cm³/mol. The molecular weight excluding hydrogens is 296 g/mol. The van der Waals surface area contributed by atoms with Gasteiger partial charge in [0, 0.05) is 38.7 Å². The molecule has 1 aromatic rings. The molecule has 0 bridgehead atoms. The fourth-order valence-corrected chi connectivity index (χ4v) is 3.17. The molecule has 1 aromatic carbocycles. The minimum absolute atomic E-state index is 0.00334. The summed E-state index contributed by atoms with van der Waals surface area (Å²) in [4.78, 5) is 16.3. The number of phenolic OH excluding ortho intramolecular Hbond substituents is 1. The van der Waals surface area contributed by atoms with Crippen molar-refractivity contribution in [2.45, 2.75) is 6.92 Å². The second kappa shape index (κ2) is 7.77. The summed E-state index contributed by atoms with van der Waals surface area (Å²) in [5.74, 6) is -0.0227. The van der Waals surface area contributed by atoms with Crippen LogP contribution >= 0.6 is 0 Å². The number of likely N-dealkylation sites (N-methyl/N-ethyl adjacent to an activating group) is 1. The van der Waals surface area contributed by atoms with E-state index in [1.54, 1.807) is 23.1 Å². The molecule has 1 aliphatic rings. The van der Waals surface area contributed by atoms with E-state index in [1.807, 2.05) is 18.9 Å². The van der Waals surface area contributed by atoms with Crippen LogP contribution < -0.4 is 0 Å². The quantitative estimate of drug-likeness (QED) is 0.702. The average molecular weight is 322 g/mol. The van der Waals surface area contributed by atoms with Crippen LogP contribution in [0.15, 0.2) is 18.2 Å². The van der Waals surface area contributed by atoms with Gasteiger partial charge in [-0.1, -0.05) is 6.07 Å². The molecule has 6 nitrogen and oxygen atoms in total. The first-order chi connectivity index (χ1) is 11.0. The number of aromatic hydroxyl groups is 1.